The van der Waals surface area contributed by atoms with Crippen molar-refractivity contribution in [2.75, 3.05) is 7.11 Å². The van der Waals surface area contributed by atoms with Crippen LogP contribution in [-0.4, -0.2) is 7.11 Å². The van der Waals surface area contributed by atoms with Crippen molar-refractivity contribution in [2.24, 2.45) is 0 Å². The lowest BCUT2D eigenvalue weighted by Crippen LogP contribution is -2.18. The van der Waals surface area contributed by atoms with Gasteiger partial charge in [-0.05, 0) is 37.0 Å². The highest BCUT2D eigenvalue weighted by Gasteiger charge is 2.07. The molecule has 0 saturated carbocycles. The van der Waals surface area contributed by atoms with Gasteiger partial charge in [-0.15, -0.1) is 0 Å². The molecule has 0 aliphatic carbocycles. The normalized spacial score (nSPS) is 12.1. The number of para-hydroxylation sites is 1. The van der Waals surface area contributed by atoms with Gasteiger partial charge in [-0.2, -0.15) is 0 Å². The SMILES string of the molecule is CCCCCc1ccc(C(C)NCc2ccccc2OC)cc1. The predicted octanol–water partition coefficient (Wildman–Crippen LogP) is 5.28. The third-order valence-electron chi connectivity index (χ3n) is 4.34. The van der Waals surface area contributed by atoms with Crippen LogP contribution in [-0.2, 0) is 13.0 Å². The summed E-state index contributed by atoms with van der Waals surface area (Å²) in [5.41, 5.74) is 3.97. The summed E-state index contributed by atoms with van der Waals surface area (Å²) in [4.78, 5) is 0. The van der Waals surface area contributed by atoms with E-state index in [2.05, 4.69) is 55.6 Å². The van der Waals surface area contributed by atoms with E-state index in [1.165, 1.54) is 42.4 Å². The molecule has 23 heavy (non-hydrogen) atoms. The van der Waals surface area contributed by atoms with Crippen LogP contribution in [0.1, 0.15) is 55.8 Å². The highest BCUT2D eigenvalue weighted by atomic mass is 16.5. The minimum atomic E-state index is 0.324. The zero-order valence-corrected chi connectivity index (χ0v) is 14.6. The fourth-order valence-electron chi connectivity index (χ4n) is 2.78. The molecule has 0 saturated heterocycles. The summed E-state index contributed by atoms with van der Waals surface area (Å²) in [6, 6.07) is 17.5. The fraction of sp³-hybridized carbons (Fsp3) is 0.429. The van der Waals surface area contributed by atoms with Crippen LogP contribution in [0.2, 0.25) is 0 Å². The average molecular weight is 311 g/mol. The largest absolute Gasteiger partial charge is 0.496 e. The zero-order valence-electron chi connectivity index (χ0n) is 14.6. The Morgan fingerprint density at radius 3 is 2.43 bits per heavy atom. The topological polar surface area (TPSA) is 21.3 Å². The quantitative estimate of drug-likeness (QED) is 0.636. The Hall–Kier alpha value is -1.80. The van der Waals surface area contributed by atoms with E-state index in [0.717, 1.165) is 12.3 Å². The standard InChI is InChI=1S/C21H29NO/c1-4-5-6-9-18-12-14-19(15-13-18)17(2)22-16-20-10-7-8-11-21(20)23-3/h7-8,10-15,17,22H,4-6,9,16H2,1-3H3. The maximum atomic E-state index is 5.41. The Morgan fingerprint density at radius 2 is 1.74 bits per heavy atom. The molecule has 0 heterocycles. The van der Waals surface area contributed by atoms with Gasteiger partial charge in [-0.3, -0.25) is 0 Å². The molecule has 2 aromatic rings. The molecule has 124 valence electrons. The monoisotopic (exact) mass is 311 g/mol. The first-order valence-corrected chi connectivity index (χ1v) is 8.68. The smallest absolute Gasteiger partial charge is 0.123 e. The molecule has 2 nitrogen and oxygen atoms in total. The molecule has 0 spiro atoms. The summed E-state index contributed by atoms with van der Waals surface area (Å²) < 4.78 is 5.41. The number of benzene rings is 2. The lowest BCUT2D eigenvalue weighted by Gasteiger charge is -2.16. The van der Waals surface area contributed by atoms with Crippen LogP contribution in [0.15, 0.2) is 48.5 Å². The van der Waals surface area contributed by atoms with Gasteiger partial charge >= 0.3 is 0 Å². The van der Waals surface area contributed by atoms with Gasteiger partial charge in [0, 0.05) is 18.2 Å². The van der Waals surface area contributed by atoms with Gasteiger partial charge in [0.05, 0.1) is 7.11 Å². The lowest BCUT2D eigenvalue weighted by molar-refractivity contribution is 0.406. The van der Waals surface area contributed by atoms with E-state index in [1.54, 1.807) is 7.11 Å². The van der Waals surface area contributed by atoms with E-state index >= 15 is 0 Å². The number of rotatable bonds is 9. The Morgan fingerprint density at radius 1 is 1.00 bits per heavy atom. The molecular formula is C21H29NO. The summed E-state index contributed by atoms with van der Waals surface area (Å²) in [6.45, 7) is 5.27. The van der Waals surface area contributed by atoms with Crippen LogP contribution in [0, 0.1) is 0 Å². The molecule has 0 fully saturated rings. The van der Waals surface area contributed by atoms with Crippen LogP contribution in [0.5, 0.6) is 5.75 Å². The number of unbranched alkanes of at least 4 members (excludes halogenated alkanes) is 2. The lowest BCUT2D eigenvalue weighted by atomic mass is 10.0. The molecule has 2 heteroatoms. The number of hydrogen-bond donors (Lipinski definition) is 1. The van der Waals surface area contributed by atoms with E-state index in [9.17, 15) is 0 Å². The van der Waals surface area contributed by atoms with Gasteiger partial charge in [0.1, 0.15) is 5.75 Å². The Bertz CT molecular complexity index is 577. The molecule has 1 atom stereocenters. The molecule has 0 amide bonds. The highest BCUT2D eigenvalue weighted by molar-refractivity contribution is 5.33. The van der Waals surface area contributed by atoms with Crippen LogP contribution < -0.4 is 10.1 Å². The average Bonchev–Trinajstić information content (AvgIpc) is 2.60. The minimum absolute atomic E-state index is 0.324. The van der Waals surface area contributed by atoms with Gasteiger partial charge in [0.25, 0.3) is 0 Å². The number of ether oxygens (including phenoxy) is 1. The van der Waals surface area contributed by atoms with Crippen molar-refractivity contribution in [3.8, 4) is 5.75 Å². The van der Waals surface area contributed by atoms with Crippen molar-refractivity contribution in [1.29, 1.82) is 0 Å². The van der Waals surface area contributed by atoms with Crippen LogP contribution in [0.3, 0.4) is 0 Å². The van der Waals surface area contributed by atoms with Crippen molar-refractivity contribution in [1.82, 2.24) is 5.32 Å². The van der Waals surface area contributed by atoms with Crippen LogP contribution in [0.4, 0.5) is 0 Å². The number of methoxy groups -OCH3 is 1. The van der Waals surface area contributed by atoms with Crippen molar-refractivity contribution in [3.05, 3.63) is 65.2 Å². The molecule has 0 bridgehead atoms. The van der Waals surface area contributed by atoms with Crippen molar-refractivity contribution < 1.29 is 4.74 Å². The van der Waals surface area contributed by atoms with Crippen molar-refractivity contribution >= 4 is 0 Å². The van der Waals surface area contributed by atoms with Gasteiger partial charge < -0.3 is 10.1 Å². The predicted molar refractivity (Wildman–Crippen MR) is 97.9 cm³/mol. The second-order valence-electron chi connectivity index (χ2n) is 6.11. The summed E-state index contributed by atoms with van der Waals surface area (Å²) >= 11 is 0. The molecule has 2 rings (SSSR count). The number of nitrogens with one attached hydrogen (secondary N) is 1. The maximum absolute atomic E-state index is 5.41. The third kappa shape index (κ3) is 5.40. The minimum Gasteiger partial charge on any atom is -0.496 e. The van der Waals surface area contributed by atoms with Crippen molar-refractivity contribution in [2.45, 2.75) is 52.1 Å². The first-order chi connectivity index (χ1) is 11.2. The third-order valence-corrected chi connectivity index (χ3v) is 4.34. The Balaban J connectivity index is 1.89. The molecule has 2 aromatic carbocycles. The van der Waals surface area contributed by atoms with Gasteiger partial charge in [-0.25, -0.2) is 0 Å². The molecular weight excluding hydrogens is 282 g/mol. The number of aryl methyl sites for hydroxylation is 1. The summed E-state index contributed by atoms with van der Waals surface area (Å²) in [5, 5.41) is 3.58. The second kappa shape index (κ2) is 9.36. The highest BCUT2D eigenvalue weighted by Crippen LogP contribution is 2.20. The van der Waals surface area contributed by atoms with E-state index in [4.69, 9.17) is 4.74 Å². The molecule has 0 radical (unpaired) electrons. The van der Waals surface area contributed by atoms with E-state index in [1.807, 2.05) is 12.1 Å². The molecule has 0 aliphatic heterocycles. The van der Waals surface area contributed by atoms with Crippen LogP contribution >= 0.6 is 0 Å². The van der Waals surface area contributed by atoms with E-state index in [-0.39, 0.29) is 0 Å². The van der Waals surface area contributed by atoms with Gasteiger partial charge in [0.2, 0.25) is 0 Å². The van der Waals surface area contributed by atoms with E-state index in [0.29, 0.717) is 6.04 Å². The summed E-state index contributed by atoms with van der Waals surface area (Å²) in [5.74, 6) is 0.943. The first-order valence-electron chi connectivity index (χ1n) is 8.68. The second-order valence-corrected chi connectivity index (χ2v) is 6.11. The first kappa shape index (κ1) is 17.6. The molecule has 0 aliphatic rings. The molecule has 0 aromatic heterocycles. The van der Waals surface area contributed by atoms with E-state index < -0.39 is 0 Å². The van der Waals surface area contributed by atoms with Gasteiger partial charge in [0.15, 0.2) is 0 Å². The molecule has 1 unspecified atom stereocenters. The Labute approximate surface area is 140 Å². The maximum Gasteiger partial charge on any atom is 0.123 e. The Kier molecular flexibility index (Phi) is 7.15. The zero-order chi connectivity index (χ0) is 16.5. The summed E-state index contributed by atoms with van der Waals surface area (Å²) in [7, 11) is 1.72. The molecule has 1 N–H and O–H groups in total. The van der Waals surface area contributed by atoms with Crippen molar-refractivity contribution in [3.63, 3.8) is 0 Å². The fourth-order valence-corrected chi connectivity index (χ4v) is 2.78. The van der Waals surface area contributed by atoms with Gasteiger partial charge in [-0.1, -0.05) is 62.2 Å². The number of hydrogen-bond acceptors (Lipinski definition) is 2. The summed E-state index contributed by atoms with van der Waals surface area (Å²) in [6.07, 6.45) is 5.08. The van der Waals surface area contributed by atoms with Crippen LogP contribution in [0.25, 0.3) is 0 Å².